The van der Waals surface area contributed by atoms with E-state index in [9.17, 15) is 8.42 Å². The second-order valence-corrected chi connectivity index (χ2v) is 8.06. The molecule has 4 nitrogen and oxygen atoms in total. The third kappa shape index (κ3) is 2.43. The number of imidazole rings is 1. The molecule has 0 aliphatic carbocycles. The monoisotopic (exact) mass is 428 g/mol. The molecule has 21 heavy (non-hydrogen) atoms. The Morgan fingerprint density at radius 1 is 1.10 bits per heavy atom. The van der Waals surface area contributed by atoms with E-state index in [1.807, 2.05) is 13.0 Å². The molecule has 0 bridgehead atoms. The minimum atomic E-state index is -3.71. The van der Waals surface area contributed by atoms with Crippen LogP contribution in [-0.4, -0.2) is 17.4 Å². The summed E-state index contributed by atoms with van der Waals surface area (Å²) >= 11 is 6.72. The van der Waals surface area contributed by atoms with Crippen LogP contribution >= 0.6 is 31.9 Å². The smallest absolute Gasteiger partial charge is 0.236 e. The number of para-hydroxylation sites is 2. The predicted molar refractivity (Wildman–Crippen MR) is 88.9 cm³/mol. The lowest BCUT2D eigenvalue weighted by Crippen LogP contribution is -2.12. The molecule has 0 radical (unpaired) electrons. The van der Waals surface area contributed by atoms with E-state index in [0.29, 0.717) is 15.5 Å². The van der Waals surface area contributed by atoms with Crippen LogP contribution in [0.15, 0.2) is 56.6 Å². The minimum absolute atomic E-state index is 0.214. The summed E-state index contributed by atoms with van der Waals surface area (Å²) in [6.07, 6.45) is 1.34. The average molecular weight is 430 g/mol. The molecule has 0 aliphatic heterocycles. The molecule has 0 atom stereocenters. The highest BCUT2D eigenvalue weighted by molar-refractivity contribution is 9.11. The average Bonchev–Trinajstić information content (AvgIpc) is 2.87. The third-order valence-electron chi connectivity index (χ3n) is 3.17. The third-order valence-corrected chi connectivity index (χ3v) is 6.65. The van der Waals surface area contributed by atoms with Crippen LogP contribution in [0.25, 0.3) is 11.0 Å². The van der Waals surface area contributed by atoms with Crippen molar-refractivity contribution in [2.45, 2.75) is 11.8 Å². The van der Waals surface area contributed by atoms with Gasteiger partial charge in [-0.05, 0) is 52.7 Å². The van der Waals surface area contributed by atoms with Gasteiger partial charge in [0.2, 0.25) is 0 Å². The van der Waals surface area contributed by atoms with Gasteiger partial charge in [-0.15, -0.1) is 0 Å². The van der Waals surface area contributed by atoms with Crippen LogP contribution < -0.4 is 0 Å². The summed E-state index contributed by atoms with van der Waals surface area (Å²) in [6.45, 7) is 1.85. The van der Waals surface area contributed by atoms with E-state index in [2.05, 4.69) is 36.8 Å². The lowest BCUT2D eigenvalue weighted by Gasteiger charge is -2.10. The first-order valence-corrected chi connectivity index (χ1v) is 9.07. The number of benzene rings is 2. The molecular formula is C14H10Br2N2O2S. The Balaban J connectivity index is 2.29. The van der Waals surface area contributed by atoms with Crippen molar-refractivity contribution in [1.82, 2.24) is 8.96 Å². The van der Waals surface area contributed by atoms with Gasteiger partial charge in [-0.2, -0.15) is 0 Å². The van der Waals surface area contributed by atoms with Crippen molar-refractivity contribution in [3.8, 4) is 0 Å². The molecule has 0 spiro atoms. The molecule has 1 heterocycles. The lowest BCUT2D eigenvalue weighted by atomic mass is 10.2. The maximum Gasteiger partial charge on any atom is 0.270 e. The largest absolute Gasteiger partial charge is 0.270 e. The fraction of sp³-hybridized carbons (Fsp3) is 0.0714. The number of aromatic nitrogens is 2. The number of fused-ring (bicyclic) bond motifs is 1. The van der Waals surface area contributed by atoms with Gasteiger partial charge >= 0.3 is 0 Å². The number of halogens is 2. The van der Waals surface area contributed by atoms with E-state index in [1.165, 1.54) is 10.3 Å². The van der Waals surface area contributed by atoms with E-state index in [-0.39, 0.29) is 4.90 Å². The summed E-state index contributed by atoms with van der Waals surface area (Å²) in [5, 5.41) is 0. The van der Waals surface area contributed by atoms with Crippen molar-refractivity contribution < 1.29 is 8.42 Å². The topological polar surface area (TPSA) is 52.0 Å². The highest BCUT2D eigenvalue weighted by atomic mass is 79.9. The van der Waals surface area contributed by atoms with Gasteiger partial charge in [-0.1, -0.05) is 28.1 Å². The fourth-order valence-corrected chi connectivity index (χ4v) is 5.10. The molecule has 0 amide bonds. The van der Waals surface area contributed by atoms with Gasteiger partial charge in [-0.3, -0.25) is 0 Å². The fourth-order valence-electron chi connectivity index (χ4n) is 2.06. The zero-order valence-electron chi connectivity index (χ0n) is 10.9. The number of aryl methyl sites for hydroxylation is 1. The molecule has 3 aromatic rings. The first-order valence-electron chi connectivity index (χ1n) is 6.04. The van der Waals surface area contributed by atoms with Gasteiger partial charge in [0.05, 0.1) is 11.0 Å². The zero-order chi connectivity index (χ0) is 15.2. The van der Waals surface area contributed by atoms with Crippen molar-refractivity contribution in [2.24, 2.45) is 0 Å². The first-order chi connectivity index (χ1) is 9.91. The SMILES string of the molecule is Cc1cc(S(=O)(=O)n2cnc3ccccc32)c(Br)cc1Br. The maximum absolute atomic E-state index is 12.9. The van der Waals surface area contributed by atoms with Crippen LogP contribution in [0, 0.1) is 6.92 Å². The van der Waals surface area contributed by atoms with Gasteiger partial charge in [0, 0.05) is 8.95 Å². The summed E-state index contributed by atoms with van der Waals surface area (Å²) in [4.78, 5) is 4.35. The Hall–Kier alpha value is -1.18. The molecule has 7 heteroatoms. The summed E-state index contributed by atoms with van der Waals surface area (Å²) < 4.78 is 28.3. The summed E-state index contributed by atoms with van der Waals surface area (Å²) in [6, 6.07) is 10.5. The molecule has 0 unspecified atom stereocenters. The van der Waals surface area contributed by atoms with E-state index in [4.69, 9.17) is 0 Å². The van der Waals surface area contributed by atoms with Crippen LogP contribution in [-0.2, 0) is 10.0 Å². The molecule has 0 N–H and O–H groups in total. The zero-order valence-corrected chi connectivity index (χ0v) is 14.9. The molecule has 0 saturated carbocycles. The van der Waals surface area contributed by atoms with Crippen molar-refractivity contribution in [3.63, 3.8) is 0 Å². The van der Waals surface area contributed by atoms with Gasteiger partial charge in [0.1, 0.15) is 11.2 Å². The van der Waals surface area contributed by atoms with E-state index in [1.54, 1.807) is 30.3 Å². The predicted octanol–water partition coefficient (Wildman–Crippen LogP) is 4.11. The van der Waals surface area contributed by atoms with Gasteiger partial charge < -0.3 is 0 Å². The lowest BCUT2D eigenvalue weighted by molar-refractivity contribution is 0.588. The number of hydrogen-bond acceptors (Lipinski definition) is 3. The first kappa shape index (κ1) is 14.7. The molecular weight excluding hydrogens is 420 g/mol. The van der Waals surface area contributed by atoms with Gasteiger partial charge in [0.25, 0.3) is 10.0 Å². The Labute approximate surface area is 139 Å². The molecule has 0 saturated heterocycles. The molecule has 0 fully saturated rings. The Morgan fingerprint density at radius 2 is 1.81 bits per heavy atom. The Kier molecular flexibility index (Phi) is 3.67. The quantitative estimate of drug-likeness (QED) is 0.615. The summed E-state index contributed by atoms with van der Waals surface area (Å²) in [7, 11) is -3.71. The summed E-state index contributed by atoms with van der Waals surface area (Å²) in [5.74, 6) is 0. The van der Waals surface area contributed by atoms with Crippen molar-refractivity contribution >= 4 is 52.9 Å². The highest BCUT2D eigenvalue weighted by Crippen LogP contribution is 2.31. The molecule has 108 valence electrons. The van der Waals surface area contributed by atoms with Crippen LogP contribution in [0.1, 0.15) is 5.56 Å². The van der Waals surface area contributed by atoms with E-state index >= 15 is 0 Å². The molecule has 3 rings (SSSR count). The van der Waals surface area contributed by atoms with E-state index < -0.39 is 10.0 Å². The molecule has 0 aliphatic rings. The van der Waals surface area contributed by atoms with Crippen LogP contribution in [0.3, 0.4) is 0 Å². The van der Waals surface area contributed by atoms with Gasteiger partial charge in [-0.25, -0.2) is 17.4 Å². The molecule has 2 aromatic carbocycles. The summed E-state index contributed by atoms with van der Waals surface area (Å²) in [5.41, 5.74) is 2.05. The minimum Gasteiger partial charge on any atom is -0.236 e. The highest BCUT2D eigenvalue weighted by Gasteiger charge is 2.23. The van der Waals surface area contributed by atoms with Crippen molar-refractivity contribution in [3.05, 3.63) is 57.2 Å². The van der Waals surface area contributed by atoms with Crippen molar-refractivity contribution in [1.29, 1.82) is 0 Å². The number of hydrogen-bond donors (Lipinski definition) is 0. The second-order valence-electron chi connectivity index (χ2n) is 4.57. The molecule has 1 aromatic heterocycles. The Bertz CT molecular complexity index is 949. The van der Waals surface area contributed by atoms with Crippen molar-refractivity contribution in [2.75, 3.05) is 0 Å². The maximum atomic E-state index is 12.9. The second kappa shape index (κ2) is 5.23. The normalized spacial score (nSPS) is 12.0. The van der Waals surface area contributed by atoms with Crippen LogP contribution in [0.4, 0.5) is 0 Å². The number of nitrogens with zero attached hydrogens (tertiary/aromatic N) is 2. The van der Waals surface area contributed by atoms with E-state index in [0.717, 1.165) is 10.0 Å². The standard InChI is InChI=1S/C14H10Br2N2O2S/c1-9-6-14(11(16)7-10(9)15)21(19,20)18-8-17-12-4-2-3-5-13(12)18/h2-8H,1H3. The van der Waals surface area contributed by atoms with Gasteiger partial charge in [0.15, 0.2) is 0 Å². The number of rotatable bonds is 2. The van der Waals surface area contributed by atoms with Crippen LogP contribution in [0.5, 0.6) is 0 Å². The van der Waals surface area contributed by atoms with Crippen LogP contribution in [0.2, 0.25) is 0 Å². The Morgan fingerprint density at radius 3 is 2.57 bits per heavy atom.